The lowest BCUT2D eigenvalue weighted by Gasteiger charge is -2.06. The Labute approximate surface area is 123 Å². The smallest absolute Gasteiger partial charge is 0.255 e. The minimum atomic E-state index is -0.307. The molecule has 0 spiro atoms. The van der Waals surface area contributed by atoms with Gasteiger partial charge in [0.1, 0.15) is 5.75 Å². The van der Waals surface area contributed by atoms with Crippen LogP contribution in [0.1, 0.15) is 10.4 Å². The monoisotopic (exact) mass is 370 g/mol. The Bertz CT molecular complexity index is 599. The van der Waals surface area contributed by atoms with Crippen LogP contribution in [-0.2, 0) is 0 Å². The Hall–Kier alpha value is -1.83. The number of aromatic hydroxyl groups is 1. The molecule has 2 N–H and O–H groups in total. The molecule has 0 aliphatic carbocycles. The molecule has 2 rings (SSSR count). The summed E-state index contributed by atoms with van der Waals surface area (Å²) in [6, 6.07) is 8.09. The number of carbonyl (C=O) groups excluding carboxylic acids is 1. The van der Waals surface area contributed by atoms with Crippen LogP contribution in [0.4, 0.5) is 5.69 Å². The fourth-order valence-corrected chi connectivity index (χ4v) is 1.77. The second kappa shape index (κ2) is 5.87. The fourth-order valence-electron chi connectivity index (χ4n) is 1.43. The maximum atomic E-state index is 11.9. The van der Waals surface area contributed by atoms with Crippen molar-refractivity contribution >= 4 is 34.2 Å². The van der Waals surface area contributed by atoms with E-state index in [4.69, 9.17) is 4.74 Å². The lowest BCUT2D eigenvalue weighted by molar-refractivity contribution is 0.102. The van der Waals surface area contributed by atoms with Crippen LogP contribution in [0.2, 0.25) is 0 Å². The van der Waals surface area contributed by atoms with Gasteiger partial charge >= 0.3 is 0 Å². The van der Waals surface area contributed by atoms with Crippen LogP contribution in [0.5, 0.6) is 11.6 Å². The third kappa shape index (κ3) is 3.34. The first-order chi connectivity index (χ1) is 9.10. The number of hydrogen-bond donors (Lipinski definition) is 2. The molecule has 0 saturated heterocycles. The van der Waals surface area contributed by atoms with Crippen LogP contribution in [-0.4, -0.2) is 23.1 Å². The molecular weight excluding hydrogens is 359 g/mol. The lowest BCUT2D eigenvalue weighted by Crippen LogP contribution is -2.12. The van der Waals surface area contributed by atoms with Gasteiger partial charge in [-0.1, -0.05) is 0 Å². The Morgan fingerprint density at radius 2 is 2.16 bits per heavy atom. The van der Waals surface area contributed by atoms with E-state index in [-0.39, 0.29) is 11.7 Å². The van der Waals surface area contributed by atoms with Gasteiger partial charge < -0.3 is 15.2 Å². The molecular formula is C13H11IN2O3. The molecule has 19 heavy (non-hydrogen) atoms. The van der Waals surface area contributed by atoms with E-state index in [2.05, 4.69) is 10.3 Å². The molecule has 0 bridgehead atoms. The largest absolute Gasteiger partial charge is 0.507 e. The van der Waals surface area contributed by atoms with Crippen molar-refractivity contribution in [3.63, 3.8) is 0 Å². The number of pyridine rings is 1. The summed E-state index contributed by atoms with van der Waals surface area (Å²) in [7, 11) is 1.52. The number of methoxy groups -OCH3 is 1. The van der Waals surface area contributed by atoms with Gasteiger partial charge in [-0.25, -0.2) is 4.98 Å². The maximum Gasteiger partial charge on any atom is 0.255 e. The number of anilines is 1. The molecule has 1 aromatic heterocycles. The van der Waals surface area contributed by atoms with Crippen LogP contribution in [0.25, 0.3) is 0 Å². The number of hydrogen-bond acceptors (Lipinski definition) is 4. The van der Waals surface area contributed by atoms with E-state index in [1.807, 2.05) is 22.6 Å². The molecule has 2 aromatic rings. The van der Waals surface area contributed by atoms with Gasteiger partial charge in [0.05, 0.1) is 22.6 Å². The second-order valence-corrected chi connectivity index (χ2v) is 4.87. The third-order valence-corrected chi connectivity index (χ3v) is 3.32. The number of amides is 1. The molecule has 1 heterocycles. The zero-order valence-electron chi connectivity index (χ0n) is 10.1. The van der Waals surface area contributed by atoms with Gasteiger partial charge in [0.25, 0.3) is 5.91 Å². The summed E-state index contributed by atoms with van der Waals surface area (Å²) in [5.41, 5.74) is 0.942. The van der Waals surface area contributed by atoms with Crippen molar-refractivity contribution in [1.29, 1.82) is 0 Å². The number of ether oxygens (including phenoxy) is 1. The van der Waals surface area contributed by atoms with Gasteiger partial charge in [-0.05, 0) is 46.9 Å². The quantitative estimate of drug-likeness (QED) is 0.815. The summed E-state index contributed by atoms with van der Waals surface area (Å²) in [6.07, 6.45) is 1.50. The summed E-state index contributed by atoms with van der Waals surface area (Å²) in [5.74, 6) is 0.254. The number of phenols is 1. The van der Waals surface area contributed by atoms with Crippen LogP contribution in [0, 0.1) is 3.57 Å². The highest BCUT2D eigenvalue weighted by atomic mass is 127. The van der Waals surface area contributed by atoms with E-state index >= 15 is 0 Å². The van der Waals surface area contributed by atoms with E-state index in [0.717, 1.165) is 0 Å². The van der Waals surface area contributed by atoms with Crippen LogP contribution in [0.15, 0.2) is 36.5 Å². The van der Waals surface area contributed by atoms with Gasteiger partial charge in [-0.2, -0.15) is 0 Å². The maximum absolute atomic E-state index is 11.9. The summed E-state index contributed by atoms with van der Waals surface area (Å²) in [5, 5.41) is 12.3. The summed E-state index contributed by atoms with van der Waals surface area (Å²) >= 11 is 1.99. The summed E-state index contributed by atoms with van der Waals surface area (Å²) < 4.78 is 5.62. The van der Waals surface area contributed by atoms with E-state index < -0.39 is 0 Å². The van der Waals surface area contributed by atoms with Crippen molar-refractivity contribution in [3.8, 4) is 11.6 Å². The predicted molar refractivity (Wildman–Crippen MR) is 79.6 cm³/mol. The van der Waals surface area contributed by atoms with Crippen LogP contribution >= 0.6 is 22.6 Å². The highest BCUT2D eigenvalue weighted by molar-refractivity contribution is 14.1. The van der Waals surface area contributed by atoms with Gasteiger partial charge in [0.15, 0.2) is 0 Å². The van der Waals surface area contributed by atoms with Gasteiger partial charge in [0, 0.05) is 11.6 Å². The van der Waals surface area contributed by atoms with Crippen molar-refractivity contribution < 1.29 is 14.6 Å². The number of carbonyl (C=O) groups is 1. The molecule has 0 aliphatic rings. The lowest BCUT2D eigenvalue weighted by atomic mass is 10.2. The number of benzene rings is 1. The van der Waals surface area contributed by atoms with Crippen molar-refractivity contribution in [3.05, 3.63) is 45.7 Å². The van der Waals surface area contributed by atoms with Crippen molar-refractivity contribution in [2.75, 3.05) is 12.4 Å². The Morgan fingerprint density at radius 3 is 2.74 bits per heavy atom. The first-order valence-corrected chi connectivity index (χ1v) is 6.48. The Kier molecular flexibility index (Phi) is 4.20. The highest BCUT2D eigenvalue weighted by Crippen LogP contribution is 2.21. The molecule has 0 unspecified atom stereocenters. The predicted octanol–water partition coefficient (Wildman–Crippen LogP) is 2.65. The van der Waals surface area contributed by atoms with Gasteiger partial charge in [-0.3, -0.25) is 4.79 Å². The SMILES string of the molecule is COc1ccc(NC(=O)c2ccc(I)c(O)c2)cn1. The molecule has 0 atom stereocenters. The zero-order valence-corrected chi connectivity index (χ0v) is 12.2. The normalized spacial score (nSPS) is 10.0. The molecule has 1 aromatic carbocycles. The molecule has 98 valence electrons. The average Bonchev–Trinajstić information content (AvgIpc) is 2.42. The Morgan fingerprint density at radius 1 is 1.37 bits per heavy atom. The van der Waals surface area contributed by atoms with E-state index in [1.165, 1.54) is 19.4 Å². The van der Waals surface area contributed by atoms with E-state index in [1.54, 1.807) is 24.3 Å². The summed E-state index contributed by atoms with van der Waals surface area (Å²) in [6.45, 7) is 0. The van der Waals surface area contributed by atoms with Crippen LogP contribution in [0.3, 0.4) is 0 Å². The van der Waals surface area contributed by atoms with Crippen molar-refractivity contribution in [2.24, 2.45) is 0 Å². The van der Waals surface area contributed by atoms with E-state index in [0.29, 0.717) is 20.7 Å². The molecule has 1 amide bonds. The summed E-state index contributed by atoms with van der Waals surface area (Å²) in [4.78, 5) is 15.9. The number of halogens is 1. The van der Waals surface area contributed by atoms with E-state index in [9.17, 15) is 9.90 Å². The number of aromatic nitrogens is 1. The minimum Gasteiger partial charge on any atom is -0.507 e. The molecule has 0 radical (unpaired) electrons. The molecule has 0 aliphatic heterocycles. The number of nitrogens with zero attached hydrogens (tertiary/aromatic N) is 1. The molecule has 6 heteroatoms. The molecule has 0 saturated carbocycles. The Balaban J connectivity index is 2.13. The molecule has 5 nitrogen and oxygen atoms in total. The standard InChI is InChI=1S/C13H11IN2O3/c1-19-12-5-3-9(7-15-12)16-13(18)8-2-4-10(14)11(17)6-8/h2-7,17H,1H3,(H,16,18). The fraction of sp³-hybridized carbons (Fsp3) is 0.0769. The highest BCUT2D eigenvalue weighted by Gasteiger charge is 2.08. The van der Waals surface area contributed by atoms with Crippen molar-refractivity contribution in [1.82, 2.24) is 4.98 Å². The number of nitrogens with one attached hydrogen (secondary N) is 1. The van der Waals surface area contributed by atoms with Gasteiger partial charge in [0.2, 0.25) is 5.88 Å². The third-order valence-electron chi connectivity index (χ3n) is 2.41. The second-order valence-electron chi connectivity index (χ2n) is 3.71. The van der Waals surface area contributed by atoms with Crippen molar-refractivity contribution in [2.45, 2.75) is 0 Å². The van der Waals surface area contributed by atoms with Crippen LogP contribution < -0.4 is 10.1 Å². The number of rotatable bonds is 3. The average molecular weight is 370 g/mol. The molecule has 0 fully saturated rings. The van der Waals surface area contributed by atoms with Gasteiger partial charge in [-0.15, -0.1) is 0 Å². The first-order valence-electron chi connectivity index (χ1n) is 5.40. The number of phenolic OH excluding ortho intramolecular Hbond substituents is 1. The topological polar surface area (TPSA) is 71.5 Å². The first kappa shape index (κ1) is 13.6. The minimum absolute atomic E-state index is 0.0844. The zero-order chi connectivity index (χ0) is 13.8.